The highest BCUT2D eigenvalue weighted by molar-refractivity contribution is 5.94. The van der Waals surface area contributed by atoms with Crippen molar-refractivity contribution in [2.45, 2.75) is 18.9 Å². The molecule has 1 aromatic carbocycles. The van der Waals surface area contributed by atoms with Gasteiger partial charge in [-0.2, -0.15) is 0 Å². The second-order valence-corrected chi connectivity index (χ2v) is 6.45. The molecule has 2 aromatic rings. The number of carbonyl (C=O) groups is 1. The van der Waals surface area contributed by atoms with E-state index in [1.54, 1.807) is 16.7 Å². The molecule has 1 aromatic heterocycles. The molecule has 2 N–H and O–H groups in total. The minimum Gasteiger partial charge on any atom is -0.486 e. The molecule has 0 radical (unpaired) electrons. The van der Waals surface area contributed by atoms with Crippen LogP contribution in [0.5, 0.6) is 5.75 Å². The highest BCUT2D eigenvalue weighted by Crippen LogP contribution is 2.34. The van der Waals surface area contributed by atoms with Crippen molar-refractivity contribution in [1.82, 2.24) is 9.99 Å². The van der Waals surface area contributed by atoms with Crippen molar-refractivity contribution in [3.05, 3.63) is 39.4 Å². The number of carboxylic acids is 1. The number of halogens is 2. The molecule has 1 unspecified atom stereocenters. The van der Waals surface area contributed by atoms with Crippen LogP contribution in [-0.2, 0) is 6.42 Å². The number of carboxylic acid groups (broad SMARTS) is 1. The van der Waals surface area contributed by atoms with E-state index in [2.05, 4.69) is 5.32 Å². The Hall–Kier alpha value is -2.32. The SMILES string of the molecule is CN1CCc2c(OC3CCNC3)c(F)cc3c(=O)c(C(=O)O)cn1c23.Cl. The van der Waals surface area contributed by atoms with Crippen molar-refractivity contribution in [1.29, 1.82) is 0 Å². The van der Waals surface area contributed by atoms with Gasteiger partial charge in [-0.15, -0.1) is 12.4 Å². The van der Waals surface area contributed by atoms with Crippen molar-refractivity contribution >= 4 is 29.3 Å². The van der Waals surface area contributed by atoms with E-state index >= 15 is 0 Å². The van der Waals surface area contributed by atoms with Crippen molar-refractivity contribution in [3.63, 3.8) is 0 Å². The van der Waals surface area contributed by atoms with Gasteiger partial charge in [0.1, 0.15) is 11.7 Å². The maximum absolute atomic E-state index is 14.7. The summed E-state index contributed by atoms with van der Waals surface area (Å²) in [6.45, 7) is 2.04. The highest BCUT2D eigenvalue weighted by Gasteiger charge is 2.28. The molecule has 0 bridgehead atoms. The Labute approximate surface area is 154 Å². The summed E-state index contributed by atoms with van der Waals surface area (Å²) in [7, 11) is 1.79. The fourth-order valence-corrected chi connectivity index (χ4v) is 3.56. The van der Waals surface area contributed by atoms with E-state index in [-0.39, 0.29) is 35.2 Å². The van der Waals surface area contributed by atoms with Crippen LogP contribution in [0.2, 0.25) is 0 Å². The molecule has 0 aliphatic carbocycles. The van der Waals surface area contributed by atoms with E-state index in [0.29, 0.717) is 30.6 Å². The molecule has 2 aliphatic heterocycles. The molecule has 0 spiro atoms. The molecule has 1 fully saturated rings. The summed E-state index contributed by atoms with van der Waals surface area (Å²) in [6, 6.07) is 1.10. The molecule has 3 heterocycles. The normalized spacial score (nSPS) is 18.7. The van der Waals surface area contributed by atoms with Crippen molar-refractivity contribution in [3.8, 4) is 5.75 Å². The van der Waals surface area contributed by atoms with Crippen LogP contribution >= 0.6 is 12.4 Å². The monoisotopic (exact) mass is 383 g/mol. The second kappa shape index (κ2) is 6.77. The largest absolute Gasteiger partial charge is 0.486 e. The summed E-state index contributed by atoms with van der Waals surface area (Å²) < 4.78 is 22.2. The topological polar surface area (TPSA) is 83.8 Å². The van der Waals surface area contributed by atoms with Gasteiger partial charge in [0.05, 0.1) is 10.9 Å². The van der Waals surface area contributed by atoms with Crippen LogP contribution in [0.1, 0.15) is 22.3 Å². The number of ether oxygens (including phenoxy) is 1. The summed E-state index contributed by atoms with van der Waals surface area (Å²) in [5.41, 5.74) is 0.0867. The molecular weight excluding hydrogens is 365 g/mol. The van der Waals surface area contributed by atoms with Gasteiger partial charge in [0.25, 0.3) is 0 Å². The molecule has 1 saturated heterocycles. The Morgan fingerprint density at radius 2 is 2.23 bits per heavy atom. The summed E-state index contributed by atoms with van der Waals surface area (Å²) in [5.74, 6) is -1.77. The van der Waals surface area contributed by atoms with Crippen LogP contribution in [-0.4, -0.2) is 48.5 Å². The summed E-state index contributed by atoms with van der Waals surface area (Å²) in [4.78, 5) is 23.9. The first-order chi connectivity index (χ1) is 12.0. The van der Waals surface area contributed by atoms with Crippen molar-refractivity contribution < 1.29 is 19.0 Å². The molecule has 0 saturated carbocycles. The Morgan fingerprint density at radius 1 is 1.46 bits per heavy atom. The van der Waals surface area contributed by atoms with Gasteiger partial charge in [0.2, 0.25) is 5.43 Å². The van der Waals surface area contributed by atoms with Crippen molar-refractivity contribution in [2.24, 2.45) is 0 Å². The van der Waals surface area contributed by atoms with E-state index in [9.17, 15) is 19.1 Å². The Bertz CT molecular complexity index is 940. The third-order valence-corrected chi connectivity index (χ3v) is 4.86. The van der Waals surface area contributed by atoms with Crippen LogP contribution < -0.4 is 20.5 Å². The predicted molar refractivity (Wildman–Crippen MR) is 97.0 cm³/mol. The van der Waals surface area contributed by atoms with Gasteiger partial charge < -0.3 is 20.2 Å². The second-order valence-electron chi connectivity index (χ2n) is 6.45. The summed E-state index contributed by atoms with van der Waals surface area (Å²) in [5, 5.41) is 14.3. The zero-order valence-electron chi connectivity index (χ0n) is 14.1. The Balaban J connectivity index is 0.00000196. The molecule has 4 rings (SSSR count). The summed E-state index contributed by atoms with van der Waals surface area (Å²) >= 11 is 0. The van der Waals surface area contributed by atoms with Gasteiger partial charge >= 0.3 is 5.97 Å². The molecule has 0 amide bonds. The Morgan fingerprint density at radius 3 is 2.88 bits per heavy atom. The number of rotatable bonds is 3. The molecule has 26 heavy (non-hydrogen) atoms. The number of aromatic nitrogens is 1. The van der Waals surface area contributed by atoms with Crippen LogP contribution in [0.4, 0.5) is 4.39 Å². The third-order valence-electron chi connectivity index (χ3n) is 4.86. The number of pyridine rings is 1. The first kappa shape index (κ1) is 18.5. The lowest BCUT2D eigenvalue weighted by atomic mass is 10.0. The molecule has 7 nitrogen and oxygen atoms in total. The lowest BCUT2D eigenvalue weighted by Gasteiger charge is -2.32. The van der Waals surface area contributed by atoms with E-state index in [1.807, 2.05) is 0 Å². The Kier molecular flexibility index (Phi) is 4.81. The molecule has 2 aliphatic rings. The lowest BCUT2D eigenvalue weighted by molar-refractivity contribution is 0.0695. The number of hydrogen-bond donors (Lipinski definition) is 2. The standard InChI is InChI=1S/C17H18FN3O4.ClH/c1-20-5-3-10-14-11(15(22)12(17(23)24)8-21(14)20)6-13(18)16(10)25-9-2-4-19-7-9;/h6,8-9,19H,2-5,7H2,1H3,(H,23,24);1H. The zero-order chi connectivity index (χ0) is 17.7. The van der Waals surface area contributed by atoms with Crippen LogP contribution in [0.25, 0.3) is 10.9 Å². The van der Waals surface area contributed by atoms with Gasteiger partial charge in [-0.05, 0) is 25.5 Å². The maximum atomic E-state index is 14.7. The van der Waals surface area contributed by atoms with Gasteiger partial charge in [-0.25, -0.2) is 9.18 Å². The van der Waals surface area contributed by atoms with E-state index < -0.39 is 17.2 Å². The van der Waals surface area contributed by atoms with Gasteiger partial charge in [-0.1, -0.05) is 0 Å². The predicted octanol–water partition coefficient (Wildman–Crippen LogP) is 1.13. The highest BCUT2D eigenvalue weighted by atomic mass is 35.5. The van der Waals surface area contributed by atoms with Crippen molar-refractivity contribution in [2.75, 3.05) is 31.7 Å². The minimum atomic E-state index is -1.33. The third kappa shape index (κ3) is 2.79. The van der Waals surface area contributed by atoms with E-state index in [1.165, 1.54) is 6.20 Å². The molecule has 140 valence electrons. The first-order valence-electron chi connectivity index (χ1n) is 8.20. The average Bonchev–Trinajstić information content (AvgIpc) is 3.08. The molecular formula is C17H19ClFN3O4. The van der Waals surface area contributed by atoms with Gasteiger partial charge in [0.15, 0.2) is 11.6 Å². The summed E-state index contributed by atoms with van der Waals surface area (Å²) in [6.07, 6.45) is 2.50. The quantitative estimate of drug-likeness (QED) is 0.826. The number of benzene rings is 1. The van der Waals surface area contributed by atoms with Gasteiger partial charge in [-0.3, -0.25) is 9.47 Å². The zero-order valence-corrected chi connectivity index (χ0v) is 14.9. The van der Waals surface area contributed by atoms with Crippen LogP contribution in [0, 0.1) is 5.82 Å². The number of hydrogen-bond acceptors (Lipinski definition) is 5. The number of nitrogens with one attached hydrogen (secondary N) is 1. The minimum absolute atomic E-state index is 0. The number of likely N-dealkylation sites (N-methyl/N-ethyl adjacent to an activating group) is 1. The maximum Gasteiger partial charge on any atom is 0.341 e. The molecule has 9 heteroatoms. The average molecular weight is 384 g/mol. The van der Waals surface area contributed by atoms with E-state index in [4.69, 9.17) is 4.74 Å². The van der Waals surface area contributed by atoms with Crippen LogP contribution in [0.3, 0.4) is 0 Å². The molecule has 1 atom stereocenters. The first-order valence-corrected chi connectivity index (χ1v) is 8.20. The smallest absolute Gasteiger partial charge is 0.341 e. The fraction of sp³-hybridized carbons (Fsp3) is 0.412. The fourth-order valence-electron chi connectivity index (χ4n) is 3.56. The number of aromatic carboxylic acids is 1. The van der Waals surface area contributed by atoms with Gasteiger partial charge in [0, 0.05) is 31.9 Å². The lowest BCUT2D eigenvalue weighted by Crippen LogP contribution is -2.38. The van der Waals surface area contributed by atoms with Crippen LogP contribution in [0.15, 0.2) is 17.1 Å². The number of nitrogens with zero attached hydrogens (tertiary/aromatic N) is 2. The van der Waals surface area contributed by atoms with E-state index in [0.717, 1.165) is 19.0 Å².